The van der Waals surface area contributed by atoms with Crippen LogP contribution >= 0.6 is 0 Å². The Morgan fingerprint density at radius 2 is 1.00 bits per heavy atom. The number of ether oxygens (including phenoxy) is 2. The van der Waals surface area contributed by atoms with Crippen LogP contribution in [0.1, 0.15) is 26.2 Å². The van der Waals surface area contributed by atoms with Gasteiger partial charge in [-0.1, -0.05) is 68.3 Å². The van der Waals surface area contributed by atoms with E-state index in [0.717, 1.165) is 24.5 Å². The fourth-order valence-corrected chi connectivity index (χ4v) is 2.92. The standard InChI is InChI=1S/C24H26O2/c1-3-4-5-18-26-24-16-12-22(13-17-24)20-8-6-19(7-9-20)21-10-14-23(25-2)15-11-21/h6-17H,3-5,18H2,1-2H3. The highest BCUT2D eigenvalue weighted by molar-refractivity contribution is 5.71. The van der Waals surface area contributed by atoms with Gasteiger partial charge in [0, 0.05) is 0 Å². The van der Waals surface area contributed by atoms with Crippen LogP contribution in [0.5, 0.6) is 11.5 Å². The summed E-state index contributed by atoms with van der Waals surface area (Å²) in [6.07, 6.45) is 3.55. The summed E-state index contributed by atoms with van der Waals surface area (Å²) >= 11 is 0. The predicted octanol–water partition coefficient (Wildman–Crippen LogP) is 6.60. The summed E-state index contributed by atoms with van der Waals surface area (Å²) in [6.45, 7) is 3.00. The minimum absolute atomic E-state index is 0.795. The second-order valence-electron chi connectivity index (χ2n) is 6.39. The van der Waals surface area contributed by atoms with E-state index in [-0.39, 0.29) is 0 Å². The fraction of sp³-hybridized carbons (Fsp3) is 0.250. The van der Waals surface area contributed by atoms with Crippen LogP contribution < -0.4 is 9.47 Å². The maximum Gasteiger partial charge on any atom is 0.119 e. The van der Waals surface area contributed by atoms with E-state index in [2.05, 4.69) is 67.6 Å². The monoisotopic (exact) mass is 346 g/mol. The minimum atomic E-state index is 0.795. The van der Waals surface area contributed by atoms with E-state index in [4.69, 9.17) is 9.47 Å². The molecule has 0 unspecified atom stereocenters. The maximum absolute atomic E-state index is 5.78. The van der Waals surface area contributed by atoms with Crippen LogP contribution in [0.15, 0.2) is 72.8 Å². The number of hydrogen-bond donors (Lipinski definition) is 0. The normalized spacial score (nSPS) is 10.5. The van der Waals surface area contributed by atoms with Gasteiger partial charge in [0.05, 0.1) is 13.7 Å². The molecule has 0 spiro atoms. The number of benzene rings is 3. The van der Waals surface area contributed by atoms with Crippen LogP contribution in [0.3, 0.4) is 0 Å². The lowest BCUT2D eigenvalue weighted by molar-refractivity contribution is 0.306. The molecule has 0 fully saturated rings. The third-order valence-electron chi connectivity index (χ3n) is 4.51. The molecular weight excluding hydrogens is 320 g/mol. The Kier molecular flexibility index (Phi) is 6.32. The molecule has 0 N–H and O–H groups in total. The molecule has 0 amide bonds. The molecule has 0 atom stereocenters. The van der Waals surface area contributed by atoms with Gasteiger partial charge >= 0.3 is 0 Å². The molecule has 26 heavy (non-hydrogen) atoms. The third-order valence-corrected chi connectivity index (χ3v) is 4.51. The van der Waals surface area contributed by atoms with E-state index >= 15 is 0 Å². The van der Waals surface area contributed by atoms with Gasteiger partial charge in [-0.25, -0.2) is 0 Å². The molecule has 0 aliphatic rings. The Hall–Kier alpha value is -2.74. The molecule has 3 rings (SSSR count). The first kappa shape index (κ1) is 18.1. The van der Waals surface area contributed by atoms with Crippen molar-refractivity contribution in [1.82, 2.24) is 0 Å². The summed E-state index contributed by atoms with van der Waals surface area (Å²) < 4.78 is 11.0. The van der Waals surface area contributed by atoms with Crippen molar-refractivity contribution in [2.75, 3.05) is 13.7 Å². The molecule has 0 aliphatic carbocycles. The van der Waals surface area contributed by atoms with Crippen LogP contribution in [0.2, 0.25) is 0 Å². The van der Waals surface area contributed by atoms with Crippen molar-refractivity contribution in [2.45, 2.75) is 26.2 Å². The third kappa shape index (κ3) is 4.66. The smallest absolute Gasteiger partial charge is 0.119 e. The first-order valence-corrected chi connectivity index (χ1v) is 9.28. The van der Waals surface area contributed by atoms with Gasteiger partial charge in [0.15, 0.2) is 0 Å². The molecule has 0 saturated carbocycles. The summed E-state index contributed by atoms with van der Waals surface area (Å²) in [5, 5.41) is 0. The number of unbranched alkanes of at least 4 members (excludes halogenated alkanes) is 2. The fourth-order valence-electron chi connectivity index (χ4n) is 2.92. The van der Waals surface area contributed by atoms with Crippen molar-refractivity contribution in [3.63, 3.8) is 0 Å². The molecule has 0 radical (unpaired) electrons. The molecule has 0 heterocycles. The Labute approximate surface area is 156 Å². The van der Waals surface area contributed by atoms with E-state index in [1.165, 1.54) is 35.1 Å². The Balaban J connectivity index is 1.66. The zero-order chi connectivity index (χ0) is 18.2. The summed E-state index contributed by atoms with van der Waals surface area (Å²) in [6, 6.07) is 25.1. The predicted molar refractivity (Wildman–Crippen MR) is 109 cm³/mol. The minimum Gasteiger partial charge on any atom is -0.497 e. The molecule has 0 aliphatic heterocycles. The van der Waals surface area contributed by atoms with Gasteiger partial charge < -0.3 is 9.47 Å². The Morgan fingerprint density at radius 3 is 1.42 bits per heavy atom. The molecule has 0 aromatic heterocycles. The number of methoxy groups -OCH3 is 1. The first-order valence-electron chi connectivity index (χ1n) is 9.28. The topological polar surface area (TPSA) is 18.5 Å². The molecular formula is C24H26O2. The van der Waals surface area contributed by atoms with Crippen LogP contribution in [-0.2, 0) is 0 Å². The Morgan fingerprint density at radius 1 is 0.577 bits per heavy atom. The highest BCUT2D eigenvalue weighted by Crippen LogP contribution is 2.27. The van der Waals surface area contributed by atoms with E-state index in [1.807, 2.05) is 12.1 Å². The van der Waals surface area contributed by atoms with Gasteiger partial charge in [-0.15, -0.1) is 0 Å². The molecule has 0 bridgehead atoms. The van der Waals surface area contributed by atoms with E-state index in [0.29, 0.717) is 0 Å². The Bertz CT molecular complexity index is 787. The summed E-state index contributed by atoms with van der Waals surface area (Å²) in [5.74, 6) is 1.82. The number of rotatable bonds is 8. The summed E-state index contributed by atoms with van der Waals surface area (Å²) in [7, 11) is 1.69. The van der Waals surface area contributed by atoms with Crippen LogP contribution in [0.25, 0.3) is 22.3 Å². The van der Waals surface area contributed by atoms with Gasteiger partial charge in [0.1, 0.15) is 11.5 Å². The lowest BCUT2D eigenvalue weighted by Gasteiger charge is -2.08. The van der Waals surface area contributed by atoms with Crippen molar-refractivity contribution in [3.05, 3.63) is 72.8 Å². The molecule has 2 nitrogen and oxygen atoms in total. The lowest BCUT2D eigenvalue weighted by Crippen LogP contribution is -1.96. The van der Waals surface area contributed by atoms with E-state index < -0.39 is 0 Å². The van der Waals surface area contributed by atoms with Crippen LogP contribution in [0.4, 0.5) is 0 Å². The van der Waals surface area contributed by atoms with Crippen molar-refractivity contribution >= 4 is 0 Å². The van der Waals surface area contributed by atoms with E-state index in [9.17, 15) is 0 Å². The van der Waals surface area contributed by atoms with Crippen LogP contribution in [0, 0.1) is 0 Å². The maximum atomic E-state index is 5.78. The van der Waals surface area contributed by atoms with Crippen molar-refractivity contribution in [1.29, 1.82) is 0 Å². The molecule has 3 aromatic carbocycles. The summed E-state index contributed by atoms with van der Waals surface area (Å²) in [4.78, 5) is 0. The van der Waals surface area contributed by atoms with Gasteiger partial charge in [-0.3, -0.25) is 0 Å². The van der Waals surface area contributed by atoms with Gasteiger partial charge in [-0.2, -0.15) is 0 Å². The quantitative estimate of drug-likeness (QED) is 0.428. The lowest BCUT2D eigenvalue weighted by atomic mass is 10.0. The first-order chi connectivity index (χ1) is 12.8. The largest absolute Gasteiger partial charge is 0.497 e. The van der Waals surface area contributed by atoms with Crippen molar-refractivity contribution < 1.29 is 9.47 Å². The van der Waals surface area contributed by atoms with Gasteiger partial charge in [0.2, 0.25) is 0 Å². The van der Waals surface area contributed by atoms with Gasteiger partial charge in [-0.05, 0) is 52.9 Å². The second kappa shape index (κ2) is 9.10. The zero-order valence-corrected chi connectivity index (χ0v) is 15.6. The molecule has 2 heteroatoms. The van der Waals surface area contributed by atoms with Crippen molar-refractivity contribution in [2.24, 2.45) is 0 Å². The molecule has 0 saturated heterocycles. The SMILES string of the molecule is CCCCCOc1ccc(-c2ccc(-c3ccc(OC)cc3)cc2)cc1. The average Bonchev–Trinajstić information content (AvgIpc) is 2.72. The van der Waals surface area contributed by atoms with Gasteiger partial charge in [0.25, 0.3) is 0 Å². The summed E-state index contributed by atoms with van der Waals surface area (Å²) in [5.41, 5.74) is 4.80. The highest BCUT2D eigenvalue weighted by atomic mass is 16.5. The number of hydrogen-bond acceptors (Lipinski definition) is 2. The zero-order valence-electron chi connectivity index (χ0n) is 15.6. The highest BCUT2D eigenvalue weighted by Gasteiger charge is 2.02. The molecule has 3 aromatic rings. The van der Waals surface area contributed by atoms with Crippen molar-refractivity contribution in [3.8, 4) is 33.8 Å². The van der Waals surface area contributed by atoms with Crippen LogP contribution in [-0.4, -0.2) is 13.7 Å². The molecule has 134 valence electrons. The van der Waals surface area contributed by atoms with E-state index in [1.54, 1.807) is 7.11 Å². The average molecular weight is 346 g/mol. The second-order valence-corrected chi connectivity index (χ2v) is 6.39.